The third kappa shape index (κ3) is 3.55. The van der Waals surface area contributed by atoms with Crippen molar-refractivity contribution < 1.29 is 5.11 Å². The zero-order valence-electron chi connectivity index (χ0n) is 11.1. The second-order valence-electron chi connectivity index (χ2n) is 4.64. The molecule has 0 saturated carbocycles. The maximum Gasteiger partial charge on any atom is 0.134 e. The molecule has 1 aromatic carbocycles. The molecule has 0 amide bonds. The van der Waals surface area contributed by atoms with E-state index in [9.17, 15) is 5.11 Å². The minimum atomic E-state index is -0.0139. The fraction of sp³-hybridized carbons (Fsp3) is 0.267. The van der Waals surface area contributed by atoms with Gasteiger partial charge in [-0.1, -0.05) is 29.8 Å². The Labute approximate surface area is 122 Å². The van der Waals surface area contributed by atoms with Crippen LogP contribution in [0.5, 0.6) is 0 Å². The Morgan fingerprint density at radius 3 is 2.58 bits per heavy atom. The van der Waals surface area contributed by atoms with Crippen molar-refractivity contribution in [3.05, 3.63) is 57.7 Å². The highest BCUT2D eigenvalue weighted by molar-refractivity contribution is 9.10. The highest BCUT2D eigenvalue weighted by atomic mass is 79.9. The smallest absolute Gasteiger partial charge is 0.134 e. The van der Waals surface area contributed by atoms with Gasteiger partial charge in [-0.25, -0.2) is 4.98 Å². The lowest BCUT2D eigenvalue weighted by molar-refractivity contribution is 0.281. The fourth-order valence-corrected chi connectivity index (χ4v) is 2.35. The Bertz CT molecular complexity index is 555. The predicted molar refractivity (Wildman–Crippen MR) is 81.1 cm³/mol. The van der Waals surface area contributed by atoms with Crippen molar-refractivity contribution in [2.24, 2.45) is 0 Å². The highest BCUT2D eigenvalue weighted by Gasteiger charge is 2.09. The largest absolute Gasteiger partial charge is 0.392 e. The number of anilines is 1. The number of aliphatic hydroxyl groups is 1. The summed E-state index contributed by atoms with van der Waals surface area (Å²) in [5, 5.41) is 9.41. The van der Waals surface area contributed by atoms with E-state index in [4.69, 9.17) is 0 Å². The van der Waals surface area contributed by atoms with Gasteiger partial charge in [-0.2, -0.15) is 0 Å². The van der Waals surface area contributed by atoms with Crippen LogP contribution in [0, 0.1) is 6.92 Å². The number of hydrogen-bond donors (Lipinski definition) is 1. The van der Waals surface area contributed by atoms with E-state index in [2.05, 4.69) is 52.1 Å². The van der Waals surface area contributed by atoms with E-state index in [1.807, 2.05) is 18.0 Å². The van der Waals surface area contributed by atoms with Crippen LogP contribution < -0.4 is 4.90 Å². The molecule has 0 saturated heterocycles. The zero-order chi connectivity index (χ0) is 13.8. The maximum atomic E-state index is 9.41. The molecule has 0 spiro atoms. The van der Waals surface area contributed by atoms with Crippen LogP contribution in [0.1, 0.15) is 16.7 Å². The van der Waals surface area contributed by atoms with Crippen LogP contribution in [-0.2, 0) is 13.2 Å². The molecule has 1 heterocycles. The Hall–Kier alpha value is -1.39. The number of aliphatic hydroxyl groups excluding tert-OH is 1. The molecule has 0 aliphatic carbocycles. The van der Waals surface area contributed by atoms with Gasteiger partial charge in [0.05, 0.1) is 6.61 Å². The highest BCUT2D eigenvalue weighted by Crippen LogP contribution is 2.22. The minimum Gasteiger partial charge on any atom is -0.392 e. The summed E-state index contributed by atoms with van der Waals surface area (Å²) in [5.41, 5.74) is 3.30. The summed E-state index contributed by atoms with van der Waals surface area (Å²) in [6.07, 6.45) is 1.75. The van der Waals surface area contributed by atoms with Gasteiger partial charge in [0.15, 0.2) is 0 Å². The summed E-state index contributed by atoms with van der Waals surface area (Å²) < 4.78 is 0.879. The molecule has 0 radical (unpaired) electrons. The number of nitrogens with zero attached hydrogens (tertiary/aromatic N) is 2. The molecule has 0 fully saturated rings. The van der Waals surface area contributed by atoms with Crippen molar-refractivity contribution in [1.82, 2.24) is 4.98 Å². The summed E-state index contributed by atoms with van der Waals surface area (Å²) in [5.74, 6) is 0.811. The average molecular weight is 321 g/mol. The Morgan fingerprint density at radius 1 is 1.26 bits per heavy atom. The summed E-state index contributed by atoms with van der Waals surface area (Å²) in [4.78, 5) is 6.43. The standard InChI is InChI=1S/C15H17BrN2O/c1-11-3-5-12(6-4-11)9-18(2)15-13(10-19)7-14(16)8-17-15/h3-8,19H,9-10H2,1-2H3. The van der Waals surface area contributed by atoms with Gasteiger partial charge in [-0.05, 0) is 34.5 Å². The lowest BCUT2D eigenvalue weighted by atomic mass is 10.1. The van der Waals surface area contributed by atoms with E-state index < -0.39 is 0 Å². The second-order valence-corrected chi connectivity index (χ2v) is 5.55. The van der Waals surface area contributed by atoms with Gasteiger partial charge >= 0.3 is 0 Å². The van der Waals surface area contributed by atoms with E-state index in [0.29, 0.717) is 0 Å². The van der Waals surface area contributed by atoms with Crippen LogP contribution in [0.2, 0.25) is 0 Å². The quantitative estimate of drug-likeness (QED) is 0.939. The minimum absolute atomic E-state index is 0.0139. The van der Waals surface area contributed by atoms with Crippen molar-refractivity contribution in [2.45, 2.75) is 20.1 Å². The molecular formula is C15H17BrN2O. The molecule has 0 bridgehead atoms. The lowest BCUT2D eigenvalue weighted by Gasteiger charge is -2.21. The first-order chi connectivity index (χ1) is 9.10. The number of benzene rings is 1. The summed E-state index contributed by atoms with van der Waals surface area (Å²) in [7, 11) is 1.98. The molecule has 1 N–H and O–H groups in total. The van der Waals surface area contributed by atoms with E-state index in [1.54, 1.807) is 6.20 Å². The first-order valence-electron chi connectivity index (χ1n) is 6.12. The van der Waals surface area contributed by atoms with Gasteiger partial charge in [0, 0.05) is 29.8 Å². The van der Waals surface area contributed by atoms with Crippen molar-refractivity contribution in [3.63, 3.8) is 0 Å². The van der Waals surface area contributed by atoms with Crippen LogP contribution in [-0.4, -0.2) is 17.1 Å². The van der Waals surface area contributed by atoms with Crippen molar-refractivity contribution in [1.29, 1.82) is 0 Å². The Kier molecular flexibility index (Phi) is 4.56. The predicted octanol–water partition coefficient (Wildman–Crippen LogP) is 3.28. The van der Waals surface area contributed by atoms with Gasteiger partial charge in [0.25, 0.3) is 0 Å². The first-order valence-corrected chi connectivity index (χ1v) is 6.91. The molecule has 0 atom stereocenters. The monoisotopic (exact) mass is 320 g/mol. The van der Waals surface area contributed by atoms with E-state index >= 15 is 0 Å². The number of rotatable bonds is 4. The fourth-order valence-electron chi connectivity index (χ4n) is 1.98. The number of halogens is 1. The molecule has 19 heavy (non-hydrogen) atoms. The third-order valence-corrected chi connectivity index (χ3v) is 3.42. The maximum absolute atomic E-state index is 9.41. The van der Waals surface area contributed by atoms with Crippen molar-refractivity contribution >= 4 is 21.7 Å². The Balaban J connectivity index is 2.19. The van der Waals surface area contributed by atoms with Crippen LogP contribution in [0.15, 0.2) is 41.0 Å². The number of aryl methyl sites for hydroxylation is 1. The van der Waals surface area contributed by atoms with Gasteiger partial charge in [-0.15, -0.1) is 0 Å². The van der Waals surface area contributed by atoms with E-state index in [-0.39, 0.29) is 6.61 Å². The van der Waals surface area contributed by atoms with Crippen LogP contribution >= 0.6 is 15.9 Å². The summed E-state index contributed by atoms with van der Waals surface area (Å²) in [6.45, 7) is 2.83. The second kappa shape index (κ2) is 6.17. The average Bonchev–Trinajstić information content (AvgIpc) is 2.41. The topological polar surface area (TPSA) is 36.4 Å². The number of aromatic nitrogens is 1. The van der Waals surface area contributed by atoms with Crippen molar-refractivity contribution in [2.75, 3.05) is 11.9 Å². The van der Waals surface area contributed by atoms with Crippen LogP contribution in [0.4, 0.5) is 5.82 Å². The van der Waals surface area contributed by atoms with E-state index in [0.717, 1.165) is 22.4 Å². The van der Waals surface area contributed by atoms with Gasteiger partial charge in [0.1, 0.15) is 5.82 Å². The normalized spacial score (nSPS) is 10.5. The SMILES string of the molecule is Cc1ccc(CN(C)c2ncc(Br)cc2CO)cc1. The third-order valence-electron chi connectivity index (χ3n) is 2.98. The molecule has 0 aliphatic rings. The number of hydrogen-bond acceptors (Lipinski definition) is 3. The molecule has 0 unspecified atom stereocenters. The van der Waals surface area contributed by atoms with E-state index in [1.165, 1.54) is 11.1 Å². The molecule has 0 aliphatic heterocycles. The van der Waals surface area contributed by atoms with Gasteiger partial charge in [0.2, 0.25) is 0 Å². The molecular weight excluding hydrogens is 304 g/mol. The molecule has 3 nitrogen and oxygen atoms in total. The zero-order valence-corrected chi connectivity index (χ0v) is 12.7. The molecule has 2 aromatic rings. The molecule has 1 aromatic heterocycles. The number of pyridine rings is 1. The van der Waals surface area contributed by atoms with Crippen LogP contribution in [0.25, 0.3) is 0 Å². The van der Waals surface area contributed by atoms with Crippen LogP contribution in [0.3, 0.4) is 0 Å². The molecule has 100 valence electrons. The molecule has 2 rings (SSSR count). The van der Waals surface area contributed by atoms with Gasteiger partial charge in [-0.3, -0.25) is 0 Å². The summed E-state index contributed by atoms with van der Waals surface area (Å²) in [6, 6.07) is 10.3. The summed E-state index contributed by atoms with van der Waals surface area (Å²) >= 11 is 3.37. The van der Waals surface area contributed by atoms with Crippen molar-refractivity contribution in [3.8, 4) is 0 Å². The molecule has 4 heteroatoms. The lowest BCUT2D eigenvalue weighted by Crippen LogP contribution is -2.19. The Morgan fingerprint density at radius 2 is 1.95 bits per heavy atom. The van der Waals surface area contributed by atoms with Gasteiger partial charge < -0.3 is 10.0 Å². The first kappa shape index (κ1) is 14.0.